The summed E-state index contributed by atoms with van der Waals surface area (Å²) in [6, 6.07) is 0. The first-order valence-electron chi connectivity index (χ1n) is 4.79. The minimum Gasteiger partial charge on any atom is -0.103 e. The first-order chi connectivity index (χ1) is 6.15. The van der Waals surface area contributed by atoms with Crippen molar-refractivity contribution in [2.24, 2.45) is 0 Å². The predicted octanol–water partition coefficient (Wildman–Crippen LogP) is 4.82. The van der Waals surface area contributed by atoms with E-state index in [1.807, 2.05) is 6.08 Å². The Morgan fingerprint density at radius 3 is 2.08 bits per heavy atom. The molecule has 0 amide bonds. The number of hydrogen-bond acceptors (Lipinski definition) is 0. The van der Waals surface area contributed by atoms with Crippen molar-refractivity contribution < 1.29 is 0 Å². The molecule has 0 aliphatic carbocycles. The van der Waals surface area contributed by atoms with Crippen LogP contribution in [0.4, 0.5) is 0 Å². The highest BCUT2D eigenvalue weighted by molar-refractivity contribution is 6.29. The van der Waals surface area contributed by atoms with E-state index in [0.29, 0.717) is 0 Å². The fourth-order valence-electron chi connectivity index (χ4n) is 1.44. The van der Waals surface area contributed by atoms with Crippen molar-refractivity contribution in [2.45, 2.75) is 39.5 Å². The van der Waals surface area contributed by atoms with Gasteiger partial charge >= 0.3 is 0 Å². The van der Waals surface area contributed by atoms with Gasteiger partial charge in [0.2, 0.25) is 0 Å². The lowest BCUT2D eigenvalue weighted by molar-refractivity contribution is 0.910. The van der Waals surface area contributed by atoms with Crippen LogP contribution in [0.1, 0.15) is 39.5 Å². The Balaban J connectivity index is 4.59. The summed E-state index contributed by atoms with van der Waals surface area (Å²) in [5.74, 6) is 0. The lowest BCUT2D eigenvalue weighted by Crippen LogP contribution is -1.90. The Labute approximate surface area is 87.0 Å². The third-order valence-corrected chi connectivity index (χ3v) is 2.28. The Kier molecular flexibility index (Phi) is 6.70. The largest absolute Gasteiger partial charge is 0.103 e. The van der Waals surface area contributed by atoms with Gasteiger partial charge in [0.1, 0.15) is 0 Å². The molecular weight excluding hydrogens is 180 g/mol. The topological polar surface area (TPSA) is 0 Å². The fraction of sp³-hybridized carbons (Fsp3) is 0.500. The molecule has 0 unspecified atom stereocenters. The highest BCUT2D eigenvalue weighted by atomic mass is 35.5. The molecule has 0 spiro atoms. The number of hydrogen-bond donors (Lipinski definition) is 0. The highest BCUT2D eigenvalue weighted by Crippen LogP contribution is 2.23. The Hall–Kier alpha value is -0.490. The molecular formula is C12H19Cl. The minimum absolute atomic E-state index is 0.729. The average molecular weight is 199 g/mol. The fourth-order valence-corrected chi connectivity index (χ4v) is 1.61. The van der Waals surface area contributed by atoms with Crippen LogP contribution in [-0.4, -0.2) is 0 Å². The van der Waals surface area contributed by atoms with Crippen LogP contribution in [0.25, 0.3) is 0 Å². The molecule has 13 heavy (non-hydrogen) atoms. The zero-order valence-corrected chi connectivity index (χ0v) is 9.45. The molecule has 0 atom stereocenters. The predicted molar refractivity (Wildman–Crippen MR) is 62.0 cm³/mol. The molecule has 0 heterocycles. The molecule has 74 valence electrons. The zero-order chi connectivity index (χ0) is 10.3. The average Bonchev–Trinajstić information content (AvgIpc) is 2.10. The van der Waals surface area contributed by atoms with Crippen LogP contribution in [0, 0.1) is 0 Å². The minimum atomic E-state index is 0.729. The summed E-state index contributed by atoms with van der Waals surface area (Å²) in [6.45, 7) is 11.8. The maximum Gasteiger partial charge on any atom is 0.0149 e. The van der Waals surface area contributed by atoms with Crippen molar-refractivity contribution >= 4 is 11.6 Å². The van der Waals surface area contributed by atoms with Gasteiger partial charge < -0.3 is 0 Å². The molecule has 0 saturated carbocycles. The summed E-state index contributed by atoms with van der Waals surface area (Å²) in [5.41, 5.74) is 2.88. The molecule has 0 aromatic carbocycles. The van der Waals surface area contributed by atoms with Crippen molar-refractivity contribution in [3.05, 3.63) is 35.4 Å². The van der Waals surface area contributed by atoms with E-state index in [9.17, 15) is 0 Å². The van der Waals surface area contributed by atoms with Crippen molar-refractivity contribution in [3.8, 4) is 0 Å². The molecule has 0 rings (SSSR count). The van der Waals surface area contributed by atoms with E-state index in [0.717, 1.165) is 30.7 Å². The van der Waals surface area contributed by atoms with E-state index in [1.54, 1.807) is 0 Å². The Bertz CT molecular complexity index is 211. The molecule has 0 aromatic heterocycles. The van der Waals surface area contributed by atoms with Crippen molar-refractivity contribution in [1.82, 2.24) is 0 Å². The summed E-state index contributed by atoms with van der Waals surface area (Å²) >= 11 is 5.80. The number of allylic oxidation sites excluding steroid dienone is 4. The standard InChI is InChI=1S/C12H19Cl/c1-5-8-11(6-2)12(7-3)9-10(4)13/h5H,1,4,6-9H2,2-3H3/b12-11+. The zero-order valence-electron chi connectivity index (χ0n) is 8.70. The van der Waals surface area contributed by atoms with Crippen molar-refractivity contribution in [2.75, 3.05) is 0 Å². The molecule has 0 nitrogen and oxygen atoms in total. The second-order valence-electron chi connectivity index (χ2n) is 3.10. The molecule has 0 aliphatic heterocycles. The highest BCUT2D eigenvalue weighted by Gasteiger charge is 2.02. The summed E-state index contributed by atoms with van der Waals surface area (Å²) in [7, 11) is 0. The van der Waals surface area contributed by atoms with Gasteiger partial charge in [0.05, 0.1) is 0 Å². The van der Waals surface area contributed by atoms with Crippen LogP contribution in [-0.2, 0) is 0 Å². The van der Waals surface area contributed by atoms with Crippen LogP contribution < -0.4 is 0 Å². The van der Waals surface area contributed by atoms with Crippen LogP contribution >= 0.6 is 11.6 Å². The van der Waals surface area contributed by atoms with Gasteiger partial charge in [-0.2, -0.15) is 0 Å². The third-order valence-electron chi connectivity index (χ3n) is 2.15. The summed E-state index contributed by atoms with van der Waals surface area (Å²) in [5, 5.41) is 0.729. The molecule has 0 radical (unpaired) electrons. The van der Waals surface area contributed by atoms with Gasteiger partial charge in [-0.05, 0) is 19.3 Å². The van der Waals surface area contributed by atoms with E-state index in [-0.39, 0.29) is 0 Å². The van der Waals surface area contributed by atoms with Crippen LogP contribution in [0.15, 0.2) is 35.4 Å². The monoisotopic (exact) mass is 198 g/mol. The Morgan fingerprint density at radius 1 is 1.23 bits per heavy atom. The summed E-state index contributed by atoms with van der Waals surface area (Å²) in [6.07, 6.45) is 5.90. The molecule has 0 saturated heterocycles. The van der Waals surface area contributed by atoms with E-state index >= 15 is 0 Å². The maximum absolute atomic E-state index is 5.80. The lowest BCUT2D eigenvalue weighted by atomic mass is 9.98. The van der Waals surface area contributed by atoms with Gasteiger partial charge in [0, 0.05) is 11.5 Å². The molecule has 0 aromatic rings. The molecule has 0 N–H and O–H groups in total. The number of rotatable bonds is 6. The number of halogens is 1. The van der Waals surface area contributed by atoms with Crippen LogP contribution in [0.5, 0.6) is 0 Å². The lowest BCUT2D eigenvalue weighted by Gasteiger charge is -2.10. The van der Waals surface area contributed by atoms with Crippen LogP contribution in [0.2, 0.25) is 0 Å². The molecule has 0 bridgehead atoms. The van der Waals surface area contributed by atoms with Crippen molar-refractivity contribution in [1.29, 1.82) is 0 Å². The third kappa shape index (κ3) is 4.94. The molecule has 1 heteroatoms. The van der Waals surface area contributed by atoms with Crippen molar-refractivity contribution in [3.63, 3.8) is 0 Å². The van der Waals surface area contributed by atoms with E-state index < -0.39 is 0 Å². The molecule has 0 fully saturated rings. The first-order valence-corrected chi connectivity index (χ1v) is 5.17. The quantitative estimate of drug-likeness (QED) is 0.537. The second-order valence-corrected chi connectivity index (χ2v) is 3.64. The normalized spacial score (nSPS) is 12.2. The van der Waals surface area contributed by atoms with Crippen LogP contribution in [0.3, 0.4) is 0 Å². The van der Waals surface area contributed by atoms with Gasteiger partial charge in [-0.1, -0.05) is 49.2 Å². The van der Waals surface area contributed by atoms with Gasteiger partial charge in [-0.25, -0.2) is 0 Å². The van der Waals surface area contributed by atoms with E-state index in [2.05, 4.69) is 27.0 Å². The van der Waals surface area contributed by atoms with Gasteiger partial charge in [0.25, 0.3) is 0 Å². The van der Waals surface area contributed by atoms with Gasteiger partial charge in [0.15, 0.2) is 0 Å². The Morgan fingerprint density at radius 2 is 1.77 bits per heavy atom. The second kappa shape index (κ2) is 6.97. The van der Waals surface area contributed by atoms with E-state index in [4.69, 9.17) is 11.6 Å². The summed E-state index contributed by atoms with van der Waals surface area (Å²) in [4.78, 5) is 0. The SMILES string of the molecule is C=CC/C(CC)=C(\CC)CC(=C)Cl. The van der Waals surface area contributed by atoms with Gasteiger partial charge in [-0.15, -0.1) is 6.58 Å². The van der Waals surface area contributed by atoms with E-state index in [1.165, 1.54) is 11.1 Å². The van der Waals surface area contributed by atoms with Gasteiger partial charge in [-0.3, -0.25) is 0 Å². The summed E-state index contributed by atoms with van der Waals surface area (Å²) < 4.78 is 0. The molecule has 0 aliphatic rings. The maximum atomic E-state index is 5.80. The smallest absolute Gasteiger partial charge is 0.0149 e. The first kappa shape index (κ1) is 12.5.